The minimum atomic E-state index is -0.718. The molecule has 0 aliphatic rings. The highest BCUT2D eigenvalue weighted by Gasteiger charge is 2.03. The molecule has 0 amide bonds. The van der Waals surface area contributed by atoms with Gasteiger partial charge in [0.05, 0.1) is 0 Å². The number of carboxylic acid groups (broad SMARTS) is 1. The molecule has 0 aliphatic carbocycles. The Kier molecular flexibility index (Phi) is 11.1. The Morgan fingerprint density at radius 2 is 1.16 bits per heavy atom. The van der Waals surface area contributed by atoms with Gasteiger partial charge in [0, 0.05) is 25.7 Å². The number of rotatable bonds is 13. The number of hydrogen-bond acceptors (Lipinski definition) is 3. The van der Waals surface area contributed by atoms with Gasteiger partial charge in [0.1, 0.15) is 11.6 Å². The average molecular weight is 270 g/mol. The molecule has 0 fully saturated rings. The third-order valence-electron chi connectivity index (χ3n) is 3.10. The first-order chi connectivity index (χ1) is 9.02. The molecule has 19 heavy (non-hydrogen) atoms. The van der Waals surface area contributed by atoms with Crippen LogP contribution in [0.4, 0.5) is 0 Å². The summed E-state index contributed by atoms with van der Waals surface area (Å²) in [6.45, 7) is 1.51. The Hall–Kier alpha value is -1.19. The molecule has 0 atom stereocenters. The van der Waals surface area contributed by atoms with Gasteiger partial charge in [-0.3, -0.25) is 9.59 Å². The van der Waals surface area contributed by atoms with Gasteiger partial charge in [-0.1, -0.05) is 32.1 Å². The molecule has 1 N–H and O–H groups in total. The number of unbranched alkanes of at least 4 members (excludes halogenated alkanes) is 6. The summed E-state index contributed by atoms with van der Waals surface area (Å²) in [5.74, 6) is -0.449. The monoisotopic (exact) mass is 270 g/mol. The van der Waals surface area contributed by atoms with Crippen LogP contribution in [0.3, 0.4) is 0 Å². The van der Waals surface area contributed by atoms with E-state index in [1.807, 2.05) is 0 Å². The van der Waals surface area contributed by atoms with Crippen molar-refractivity contribution < 1.29 is 19.5 Å². The van der Waals surface area contributed by atoms with Crippen LogP contribution in [-0.2, 0) is 14.4 Å². The van der Waals surface area contributed by atoms with Gasteiger partial charge in [-0.05, 0) is 19.8 Å². The fraction of sp³-hybridized carbons (Fsp3) is 0.800. The van der Waals surface area contributed by atoms with Gasteiger partial charge in [0.25, 0.3) is 0 Å². The zero-order valence-electron chi connectivity index (χ0n) is 12.0. The van der Waals surface area contributed by atoms with E-state index in [9.17, 15) is 14.4 Å². The predicted molar refractivity (Wildman–Crippen MR) is 74.1 cm³/mol. The maximum Gasteiger partial charge on any atom is 0.303 e. The number of ketones is 2. The molecule has 0 radical (unpaired) electrons. The third kappa shape index (κ3) is 14.8. The zero-order chi connectivity index (χ0) is 14.5. The van der Waals surface area contributed by atoms with E-state index in [1.54, 1.807) is 0 Å². The molecule has 4 heteroatoms. The van der Waals surface area contributed by atoms with Crippen molar-refractivity contribution in [3.05, 3.63) is 0 Å². The second-order valence-corrected chi connectivity index (χ2v) is 5.11. The lowest BCUT2D eigenvalue weighted by Gasteiger charge is -2.01. The summed E-state index contributed by atoms with van der Waals surface area (Å²) in [7, 11) is 0. The van der Waals surface area contributed by atoms with E-state index in [0.717, 1.165) is 44.9 Å². The average Bonchev–Trinajstić information content (AvgIpc) is 2.34. The minimum absolute atomic E-state index is 0.0784. The number of carbonyl (C=O) groups excluding carboxylic acids is 2. The van der Waals surface area contributed by atoms with Crippen LogP contribution in [0.1, 0.15) is 77.6 Å². The number of hydrogen-bond donors (Lipinski definition) is 1. The summed E-state index contributed by atoms with van der Waals surface area (Å²) in [5, 5.41) is 8.46. The van der Waals surface area contributed by atoms with Crippen molar-refractivity contribution in [2.24, 2.45) is 0 Å². The topological polar surface area (TPSA) is 71.4 Å². The molecule has 0 heterocycles. The SMILES string of the molecule is CC(=O)CCC(=O)CCCCCCCCCC(=O)O. The van der Waals surface area contributed by atoms with E-state index < -0.39 is 5.97 Å². The summed E-state index contributed by atoms with van der Waals surface area (Å²) in [5.41, 5.74) is 0. The minimum Gasteiger partial charge on any atom is -0.481 e. The van der Waals surface area contributed by atoms with E-state index in [1.165, 1.54) is 6.92 Å². The lowest BCUT2D eigenvalue weighted by molar-refractivity contribution is -0.137. The van der Waals surface area contributed by atoms with Crippen LogP contribution < -0.4 is 0 Å². The molecule has 0 bridgehead atoms. The van der Waals surface area contributed by atoms with Crippen molar-refractivity contribution in [2.75, 3.05) is 0 Å². The van der Waals surface area contributed by atoms with Crippen molar-refractivity contribution in [1.82, 2.24) is 0 Å². The first-order valence-corrected chi connectivity index (χ1v) is 7.25. The fourth-order valence-electron chi connectivity index (χ4n) is 1.92. The van der Waals surface area contributed by atoms with Crippen LogP contribution in [0.5, 0.6) is 0 Å². The first kappa shape index (κ1) is 17.8. The van der Waals surface area contributed by atoms with E-state index in [0.29, 0.717) is 19.3 Å². The van der Waals surface area contributed by atoms with Crippen molar-refractivity contribution in [3.8, 4) is 0 Å². The number of Topliss-reactive ketones (excluding diaryl/α,β-unsaturated/α-hetero) is 2. The van der Waals surface area contributed by atoms with Gasteiger partial charge in [-0.25, -0.2) is 0 Å². The maximum atomic E-state index is 11.4. The molecular weight excluding hydrogens is 244 g/mol. The summed E-state index contributed by atoms with van der Waals surface area (Å²) in [4.78, 5) is 32.4. The zero-order valence-corrected chi connectivity index (χ0v) is 12.0. The van der Waals surface area contributed by atoms with Gasteiger partial charge in [0.2, 0.25) is 0 Å². The van der Waals surface area contributed by atoms with E-state index in [4.69, 9.17) is 5.11 Å². The first-order valence-electron chi connectivity index (χ1n) is 7.25. The molecule has 0 saturated heterocycles. The largest absolute Gasteiger partial charge is 0.481 e. The van der Waals surface area contributed by atoms with Gasteiger partial charge in [-0.15, -0.1) is 0 Å². The normalized spacial score (nSPS) is 10.4. The Bertz CT molecular complexity index is 284. The highest BCUT2D eigenvalue weighted by atomic mass is 16.4. The third-order valence-corrected chi connectivity index (χ3v) is 3.10. The van der Waals surface area contributed by atoms with Crippen molar-refractivity contribution in [3.63, 3.8) is 0 Å². The van der Waals surface area contributed by atoms with Crippen LogP contribution in [0.25, 0.3) is 0 Å². The molecule has 0 aromatic heterocycles. The van der Waals surface area contributed by atoms with Crippen LogP contribution in [0.15, 0.2) is 0 Å². The summed E-state index contributed by atoms with van der Waals surface area (Å²) < 4.78 is 0. The molecule has 0 aliphatic heterocycles. The summed E-state index contributed by atoms with van der Waals surface area (Å²) in [6, 6.07) is 0. The second kappa shape index (κ2) is 11.9. The van der Waals surface area contributed by atoms with Crippen LogP contribution in [0, 0.1) is 0 Å². The maximum absolute atomic E-state index is 11.4. The Labute approximate surface area is 115 Å². The van der Waals surface area contributed by atoms with Crippen LogP contribution in [0.2, 0.25) is 0 Å². The summed E-state index contributed by atoms with van der Waals surface area (Å²) >= 11 is 0. The summed E-state index contributed by atoms with van der Waals surface area (Å²) in [6.07, 6.45) is 8.61. The molecule has 110 valence electrons. The van der Waals surface area contributed by atoms with Crippen molar-refractivity contribution in [1.29, 1.82) is 0 Å². The smallest absolute Gasteiger partial charge is 0.303 e. The highest BCUT2D eigenvalue weighted by molar-refractivity contribution is 5.84. The number of aliphatic carboxylic acids is 1. The van der Waals surface area contributed by atoms with Crippen molar-refractivity contribution in [2.45, 2.75) is 77.6 Å². The molecule has 0 rings (SSSR count). The predicted octanol–water partition coefficient (Wildman–Crippen LogP) is 3.52. The van der Waals surface area contributed by atoms with Gasteiger partial charge < -0.3 is 9.90 Å². The second-order valence-electron chi connectivity index (χ2n) is 5.11. The molecule has 0 aromatic carbocycles. The van der Waals surface area contributed by atoms with Crippen molar-refractivity contribution >= 4 is 17.5 Å². The Morgan fingerprint density at radius 3 is 1.63 bits per heavy atom. The van der Waals surface area contributed by atoms with Gasteiger partial charge in [-0.2, -0.15) is 0 Å². The van der Waals surface area contributed by atoms with E-state index >= 15 is 0 Å². The van der Waals surface area contributed by atoms with E-state index in [-0.39, 0.29) is 18.0 Å². The lowest BCUT2D eigenvalue weighted by Crippen LogP contribution is -2.01. The van der Waals surface area contributed by atoms with Crippen LogP contribution >= 0.6 is 0 Å². The van der Waals surface area contributed by atoms with Crippen LogP contribution in [-0.4, -0.2) is 22.6 Å². The molecule has 0 spiro atoms. The quantitative estimate of drug-likeness (QED) is 0.520. The molecule has 4 nitrogen and oxygen atoms in total. The molecule has 0 unspecified atom stereocenters. The molecular formula is C15H26O4. The van der Waals surface area contributed by atoms with Gasteiger partial charge >= 0.3 is 5.97 Å². The standard InChI is InChI=1S/C15H26O4/c1-13(16)11-12-14(17)9-7-5-3-2-4-6-8-10-15(18)19/h2-12H2,1H3,(H,18,19). The Balaban J connectivity index is 3.20. The fourth-order valence-corrected chi connectivity index (χ4v) is 1.92. The molecule has 0 aromatic rings. The van der Waals surface area contributed by atoms with E-state index in [2.05, 4.69) is 0 Å². The number of carbonyl (C=O) groups is 3. The van der Waals surface area contributed by atoms with Gasteiger partial charge in [0.15, 0.2) is 0 Å². The Morgan fingerprint density at radius 1 is 0.684 bits per heavy atom. The molecule has 0 saturated carbocycles. The highest BCUT2D eigenvalue weighted by Crippen LogP contribution is 2.10. The number of carboxylic acids is 1. The lowest BCUT2D eigenvalue weighted by atomic mass is 10.0.